The summed E-state index contributed by atoms with van der Waals surface area (Å²) in [5, 5.41) is 3.31. The summed E-state index contributed by atoms with van der Waals surface area (Å²) in [6.07, 6.45) is 5.88. The molecule has 0 saturated heterocycles. The molecule has 2 heteroatoms. The Balaban J connectivity index is 1.78. The number of rotatable bonds is 3. The molecule has 0 N–H and O–H groups in total. The maximum Gasteiger partial charge on any atom is 0.0815 e. The zero-order valence-corrected chi connectivity index (χ0v) is 11.2. The van der Waals surface area contributed by atoms with Gasteiger partial charge in [-0.05, 0) is 17.7 Å². The molecule has 3 aromatic rings. The van der Waals surface area contributed by atoms with Gasteiger partial charge in [-0.15, -0.1) is 11.3 Å². The average molecular weight is 263 g/mol. The standard InChI is InChI=1S/C17H13NS/c1-2-7-14(8-3-1)9-6-12-18-16-13-19-17-11-5-4-10-15(16)17/h1-13H/b9-6+,18-12?. The van der Waals surface area contributed by atoms with Crippen molar-refractivity contribution in [1.82, 2.24) is 0 Å². The predicted molar refractivity (Wildman–Crippen MR) is 85.5 cm³/mol. The minimum Gasteiger partial charge on any atom is -0.255 e. The lowest BCUT2D eigenvalue weighted by Gasteiger charge is -1.90. The van der Waals surface area contributed by atoms with Crippen molar-refractivity contribution < 1.29 is 0 Å². The number of nitrogens with zero attached hydrogens (tertiary/aromatic N) is 1. The summed E-state index contributed by atoms with van der Waals surface area (Å²) in [6.45, 7) is 0. The molecule has 0 radical (unpaired) electrons. The highest BCUT2D eigenvalue weighted by Crippen LogP contribution is 2.31. The minimum absolute atomic E-state index is 1.04. The van der Waals surface area contributed by atoms with E-state index in [0.717, 1.165) is 5.69 Å². The molecule has 0 bridgehead atoms. The quantitative estimate of drug-likeness (QED) is 0.567. The van der Waals surface area contributed by atoms with Gasteiger partial charge < -0.3 is 0 Å². The molecule has 1 aromatic heterocycles. The van der Waals surface area contributed by atoms with E-state index in [0.29, 0.717) is 0 Å². The predicted octanol–water partition coefficient (Wildman–Crippen LogP) is 5.32. The molecule has 0 unspecified atom stereocenters. The average Bonchev–Trinajstić information content (AvgIpc) is 2.88. The van der Waals surface area contributed by atoms with Crippen LogP contribution in [0.5, 0.6) is 0 Å². The lowest BCUT2D eigenvalue weighted by atomic mass is 10.2. The molecule has 0 aliphatic carbocycles. The van der Waals surface area contributed by atoms with Gasteiger partial charge in [-0.25, -0.2) is 0 Å². The molecule has 0 fully saturated rings. The summed E-state index contributed by atoms with van der Waals surface area (Å²) >= 11 is 1.73. The third-order valence-electron chi connectivity index (χ3n) is 2.85. The topological polar surface area (TPSA) is 12.4 Å². The molecule has 2 aromatic carbocycles. The molecule has 0 aliphatic heterocycles. The highest BCUT2D eigenvalue weighted by atomic mass is 32.1. The fourth-order valence-electron chi connectivity index (χ4n) is 1.91. The van der Waals surface area contributed by atoms with E-state index in [1.165, 1.54) is 15.6 Å². The molecule has 0 saturated carbocycles. The summed E-state index contributed by atoms with van der Waals surface area (Å²) in [5.41, 5.74) is 2.22. The molecule has 19 heavy (non-hydrogen) atoms. The van der Waals surface area contributed by atoms with Gasteiger partial charge in [0.25, 0.3) is 0 Å². The number of benzene rings is 2. The van der Waals surface area contributed by atoms with Gasteiger partial charge in [0, 0.05) is 21.7 Å². The molecular formula is C17H13NS. The van der Waals surface area contributed by atoms with Crippen LogP contribution in [0.3, 0.4) is 0 Å². The number of hydrogen-bond acceptors (Lipinski definition) is 2. The highest BCUT2D eigenvalue weighted by Gasteiger charge is 1.99. The maximum atomic E-state index is 4.51. The van der Waals surface area contributed by atoms with E-state index in [4.69, 9.17) is 0 Å². The Hall–Kier alpha value is -2.19. The molecule has 0 atom stereocenters. The van der Waals surface area contributed by atoms with Crippen molar-refractivity contribution in [3.63, 3.8) is 0 Å². The second-order valence-electron chi connectivity index (χ2n) is 4.17. The summed E-state index contributed by atoms with van der Waals surface area (Å²) < 4.78 is 1.28. The third-order valence-corrected chi connectivity index (χ3v) is 3.80. The van der Waals surface area contributed by atoms with Crippen LogP contribution in [0.1, 0.15) is 5.56 Å². The number of allylic oxidation sites excluding steroid dienone is 1. The van der Waals surface area contributed by atoms with E-state index in [1.54, 1.807) is 11.3 Å². The summed E-state index contributed by atoms with van der Waals surface area (Å²) in [6, 6.07) is 18.6. The van der Waals surface area contributed by atoms with Crippen LogP contribution < -0.4 is 0 Å². The second-order valence-corrected chi connectivity index (χ2v) is 5.08. The Kier molecular flexibility index (Phi) is 3.52. The number of hydrogen-bond donors (Lipinski definition) is 0. The molecule has 92 valence electrons. The summed E-state index contributed by atoms with van der Waals surface area (Å²) in [5.74, 6) is 0. The van der Waals surface area contributed by atoms with Crippen molar-refractivity contribution in [1.29, 1.82) is 0 Å². The van der Waals surface area contributed by atoms with Gasteiger partial charge in [0.2, 0.25) is 0 Å². The van der Waals surface area contributed by atoms with Crippen molar-refractivity contribution in [3.8, 4) is 0 Å². The minimum atomic E-state index is 1.04. The van der Waals surface area contributed by atoms with Crippen LogP contribution in [0.4, 0.5) is 5.69 Å². The molecule has 3 rings (SSSR count). The van der Waals surface area contributed by atoms with Gasteiger partial charge in [-0.3, -0.25) is 4.99 Å². The van der Waals surface area contributed by atoms with Crippen molar-refractivity contribution >= 4 is 39.4 Å². The fourth-order valence-corrected chi connectivity index (χ4v) is 2.79. The normalized spacial score (nSPS) is 11.8. The Labute approximate surface area is 116 Å². The Bertz CT molecular complexity index is 723. The first-order valence-electron chi connectivity index (χ1n) is 6.15. The van der Waals surface area contributed by atoms with Gasteiger partial charge in [-0.2, -0.15) is 0 Å². The fraction of sp³-hybridized carbons (Fsp3) is 0. The summed E-state index contributed by atoms with van der Waals surface area (Å²) in [4.78, 5) is 4.51. The lowest BCUT2D eigenvalue weighted by molar-refractivity contribution is 1.63. The monoisotopic (exact) mass is 263 g/mol. The molecule has 0 aliphatic rings. The molecule has 1 nitrogen and oxygen atoms in total. The number of aliphatic imine (C=N–C) groups is 1. The van der Waals surface area contributed by atoms with E-state index in [9.17, 15) is 0 Å². The molecule has 1 heterocycles. The van der Waals surface area contributed by atoms with E-state index < -0.39 is 0 Å². The maximum absolute atomic E-state index is 4.51. The Morgan fingerprint density at radius 3 is 2.58 bits per heavy atom. The summed E-state index contributed by atoms with van der Waals surface area (Å²) in [7, 11) is 0. The Morgan fingerprint density at radius 1 is 0.895 bits per heavy atom. The first kappa shape index (κ1) is 11.9. The van der Waals surface area contributed by atoms with Crippen molar-refractivity contribution in [2.45, 2.75) is 0 Å². The number of thiophene rings is 1. The first-order chi connectivity index (χ1) is 9.43. The van der Waals surface area contributed by atoms with Crippen molar-refractivity contribution in [2.75, 3.05) is 0 Å². The lowest BCUT2D eigenvalue weighted by Crippen LogP contribution is -1.69. The molecule has 0 amide bonds. The van der Waals surface area contributed by atoms with Crippen LogP contribution in [0, 0.1) is 0 Å². The van der Waals surface area contributed by atoms with Gasteiger partial charge in [-0.1, -0.05) is 54.6 Å². The first-order valence-corrected chi connectivity index (χ1v) is 7.03. The zero-order chi connectivity index (χ0) is 12.9. The second kappa shape index (κ2) is 5.63. The van der Waals surface area contributed by atoms with Crippen molar-refractivity contribution in [2.24, 2.45) is 4.99 Å². The van der Waals surface area contributed by atoms with Crippen LogP contribution in [-0.4, -0.2) is 6.21 Å². The van der Waals surface area contributed by atoms with Crippen LogP contribution in [-0.2, 0) is 0 Å². The number of fused-ring (bicyclic) bond motifs is 1. The van der Waals surface area contributed by atoms with Crippen LogP contribution in [0.25, 0.3) is 16.2 Å². The van der Waals surface area contributed by atoms with Crippen LogP contribution in [0.2, 0.25) is 0 Å². The molecule has 0 spiro atoms. The van der Waals surface area contributed by atoms with Gasteiger partial charge in [0.15, 0.2) is 0 Å². The van der Waals surface area contributed by atoms with Gasteiger partial charge in [0.05, 0.1) is 5.69 Å². The van der Waals surface area contributed by atoms with E-state index in [-0.39, 0.29) is 0 Å². The van der Waals surface area contributed by atoms with Crippen LogP contribution in [0.15, 0.2) is 71.0 Å². The zero-order valence-electron chi connectivity index (χ0n) is 10.4. The van der Waals surface area contributed by atoms with Gasteiger partial charge >= 0.3 is 0 Å². The van der Waals surface area contributed by atoms with Crippen LogP contribution >= 0.6 is 11.3 Å². The SMILES string of the molecule is C(/C=C/c1ccccc1)=Nc1csc2ccccc12. The third kappa shape index (κ3) is 2.80. The van der Waals surface area contributed by atoms with E-state index in [2.05, 4.69) is 46.8 Å². The van der Waals surface area contributed by atoms with E-state index >= 15 is 0 Å². The van der Waals surface area contributed by atoms with Crippen molar-refractivity contribution in [3.05, 3.63) is 71.6 Å². The van der Waals surface area contributed by atoms with Gasteiger partial charge in [0.1, 0.15) is 0 Å². The van der Waals surface area contributed by atoms with E-state index in [1.807, 2.05) is 36.6 Å². The Morgan fingerprint density at radius 2 is 1.68 bits per heavy atom. The highest BCUT2D eigenvalue weighted by molar-refractivity contribution is 7.17. The molecular weight excluding hydrogens is 250 g/mol. The smallest absolute Gasteiger partial charge is 0.0815 e. The largest absolute Gasteiger partial charge is 0.255 e.